The van der Waals surface area contributed by atoms with Crippen molar-refractivity contribution in [1.29, 1.82) is 0 Å². The van der Waals surface area contributed by atoms with Crippen LogP contribution in [0.3, 0.4) is 0 Å². The molecule has 2 N–H and O–H groups in total. The summed E-state index contributed by atoms with van der Waals surface area (Å²) in [6, 6.07) is 5.33. The van der Waals surface area contributed by atoms with Crippen molar-refractivity contribution in [2.45, 2.75) is 6.42 Å². The third kappa shape index (κ3) is 3.67. The molecule has 0 amide bonds. The van der Waals surface area contributed by atoms with Crippen LogP contribution in [-0.2, 0) is 4.74 Å². The number of benzene rings is 1. The number of hydrogen-bond donors (Lipinski definition) is 1. The third-order valence-corrected chi connectivity index (χ3v) is 1.94. The van der Waals surface area contributed by atoms with E-state index in [0.29, 0.717) is 30.4 Å². The predicted octanol–water partition coefficient (Wildman–Crippen LogP) is 1.69. The second-order valence-corrected chi connectivity index (χ2v) is 3.11. The molecule has 0 bridgehead atoms. The number of methoxy groups -OCH3 is 2. The van der Waals surface area contributed by atoms with E-state index in [2.05, 4.69) is 0 Å². The summed E-state index contributed by atoms with van der Waals surface area (Å²) in [5.41, 5.74) is 6.29. The number of hydrogen-bond acceptors (Lipinski definition) is 4. The van der Waals surface area contributed by atoms with Gasteiger partial charge in [-0.15, -0.1) is 0 Å². The van der Waals surface area contributed by atoms with Crippen molar-refractivity contribution in [1.82, 2.24) is 0 Å². The first-order chi connectivity index (χ1) is 7.27. The molecule has 0 atom stereocenters. The van der Waals surface area contributed by atoms with Gasteiger partial charge in [0.05, 0.1) is 13.7 Å². The number of nitrogens with two attached hydrogens (primary N) is 1. The summed E-state index contributed by atoms with van der Waals surface area (Å²) in [5.74, 6) is 1.37. The third-order valence-electron chi connectivity index (χ3n) is 1.94. The average molecular weight is 211 g/mol. The minimum Gasteiger partial charge on any atom is -0.493 e. The van der Waals surface area contributed by atoms with Gasteiger partial charge < -0.3 is 19.9 Å². The van der Waals surface area contributed by atoms with Crippen LogP contribution in [0, 0.1) is 0 Å². The molecular weight excluding hydrogens is 194 g/mol. The lowest BCUT2D eigenvalue weighted by Gasteiger charge is -2.10. The van der Waals surface area contributed by atoms with E-state index in [-0.39, 0.29) is 0 Å². The van der Waals surface area contributed by atoms with Crippen LogP contribution < -0.4 is 15.2 Å². The van der Waals surface area contributed by atoms with Crippen molar-refractivity contribution < 1.29 is 14.2 Å². The van der Waals surface area contributed by atoms with Gasteiger partial charge in [0.1, 0.15) is 0 Å². The van der Waals surface area contributed by atoms with Crippen LogP contribution >= 0.6 is 0 Å². The summed E-state index contributed by atoms with van der Waals surface area (Å²) in [5, 5.41) is 0. The van der Waals surface area contributed by atoms with Gasteiger partial charge in [-0.2, -0.15) is 0 Å². The van der Waals surface area contributed by atoms with Crippen molar-refractivity contribution >= 4 is 5.69 Å². The Bertz CT molecular complexity index is 302. The number of nitrogen functional groups attached to an aromatic ring is 1. The zero-order valence-corrected chi connectivity index (χ0v) is 9.16. The molecule has 1 rings (SSSR count). The molecule has 1 aromatic rings. The van der Waals surface area contributed by atoms with E-state index in [4.69, 9.17) is 19.9 Å². The van der Waals surface area contributed by atoms with Crippen molar-refractivity contribution in [2.75, 3.05) is 33.2 Å². The highest BCUT2D eigenvalue weighted by molar-refractivity contribution is 5.51. The molecule has 0 saturated heterocycles. The molecule has 0 aliphatic heterocycles. The molecule has 0 radical (unpaired) electrons. The van der Waals surface area contributed by atoms with E-state index in [1.165, 1.54) is 0 Å². The lowest BCUT2D eigenvalue weighted by Crippen LogP contribution is -2.02. The minimum absolute atomic E-state index is 0.605. The SMILES string of the molecule is COCCCOc1ccc(N)cc1OC. The summed E-state index contributed by atoms with van der Waals surface area (Å²) < 4.78 is 15.6. The fourth-order valence-electron chi connectivity index (χ4n) is 1.19. The highest BCUT2D eigenvalue weighted by Gasteiger charge is 2.03. The molecule has 4 heteroatoms. The molecule has 0 spiro atoms. The fourth-order valence-corrected chi connectivity index (χ4v) is 1.19. The smallest absolute Gasteiger partial charge is 0.162 e. The summed E-state index contributed by atoms with van der Waals surface area (Å²) in [4.78, 5) is 0. The normalized spacial score (nSPS) is 10.0. The highest BCUT2D eigenvalue weighted by Crippen LogP contribution is 2.28. The fraction of sp³-hybridized carbons (Fsp3) is 0.455. The van der Waals surface area contributed by atoms with Crippen molar-refractivity contribution in [3.8, 4) is 11.5 Å². The topological polar surface area (TPSA) is 53.7 Å². The molecule has 0 unspecified atom stereocenters. The molecule has 0 aliphatic rings. The number of rotatable bonds is 6. The number of ether oxygens (including phenoxy) is 3. The molecule has 0 aromatic heterocycles. The minimum atomic E-state index is 0.605. The first-order valence-corrected chi connectivity index (χ1v) is 4.83. The van der Waals surface area contributed by atoms with Crippen molar-refractivity contribution in [3.63, 3.8) is 0 Å². The van der Waals surface area contributed by atoms with E-state index in [1.807, 2.05) is 0 Å². The number of anilines is 1. The van der Waals surface area contributed by atoms with Gasteiger partial charge in [0.25, 0.3) is 0 Å². The summed E-state index contributed by atoms with van der Waals surface area (Å²) >= 11 is 0. The Balaban J connectivity index is 2.52. The Morgan fingerprint density at radius 2 is 1.93 bits per heavy atom. The van der Waals surface area contributed by atoms with Crippen LogP contribution in [0.5, 0.6) is 11.5 Å². The lowest BCUT2D eigenvalue weighted by atomic mass is 10.3. The maximum Gasteiger partial charge on any atom is 0.162 e. The van der Waals surface area contributed by atoms with E-state index >= 15 is 0 Å². The predicted molar refractivity (Wildman–Crippen MR) is 59.4 cm³/mol. The lowest BCUT2D eigenvalue weighted by molar-refractivity contribution is 0.170. The molecule has 0 fully saturated rings. The van der Waals surface area contributed by atoms with Crippen LogP contribution in [0.4, 0.5) is 5.69 Å². The molecule has 0 saturated carbocycles. The second kappa shape index (κ2) is 6.14. The molecule has 1 aromatic carbocycles. The molecule has 0 aliphatic carbocycles. The van der Waals surface area contributed by atoms with Gasteiger partial charge in [-0.1, -0.05) is 0 Å². The van der Waals surface area contributed by atoms with E-state index < -0.39 is 0 Å². The van der Waals surface area contributed by atoms with Crippen LogP contribution in [-0.4, -0.2) is 27.4 Å². The highest BCUT2D eigenvalue weighted by atomic mass is 16.5. The molecule has 15 heavy (non-hydrogen) atoms. The standard InChI is InChI=1S/C11H17NO3/c1-13-6-3-7-15-10-5-4-9(12)8-11(10)14-2/h4-5,8H,3,6-7,12H2,1-2H3. The monoisotopic (exact) mass is 211 g/mol. The van der Waals surface area contributed by atoms with E-state index in [0.717, 1.165) is 6.42 Å². The van der Waals surface area contributed by atoms with E-state index in [9.17, 15) is 0 Å². The average Bonchev–Trinajstić information content (AvgIpc) is 2.26. The summed E-state index contributed by atoms with van der Waals surface area (Å²) in [6.07, 6.45) is 0.851. The Kier molecular flexibility index (Phi) is 4.77. The maximum absolute atomic E-state index is 5.62. The van der Waals surface area contributed by atoms with Gasteiger partial charge in [0.2, 0.25) is 0 Å². The second-order valence-electron chi connectivity index (χ2n) is 3.11. The van der Waals surface area contributed by atoms with Gasteiger partial charge in [0.15, 0.2) is 11.5 Å². The maximum atomic E-state index is 5.62. The van der Waals surface area contributed by atoms with Gasteiger partial charge in [-0.25, -0.2) is 0 Å². The Hall–Kier alpha value is -1.42. The first-order valence-electron chi connectivity index (χ1n) is 4.83. The first kappa shape index (κ1) is 11.7. The van der Waals surface area contributed by atoms with Gasteiger partial charge >= 0.3 is 0 Å². The van der Waals surface area contributed by atoms with E-state index in [1.54, 1.807) is 32.4 Å². The zero-order chi connectivity index (χ0) is 11.1. The molecule has 0 heterocycles. The van der Waals surface area contributed by atoms with Crippen molar-refractivity contribution in [3.05, 3.63) is 18.2 Å². The van der Waals surface area contributed by atoms with Gasteiger partial charge in [-0.3, -0.25) is 0 Å². The van der Waals surface area contributed by atoms with Gasteiger partial charge in [-0.05, 0) is 12.1 Å². The van der Waals surface area contributed by atoms with Crippen molar-refractivity contribution in [2.24, 2.45) is 0 Å². The van der Waals surface area contributed by atoms with Crippen LogP contribution in [0.25, 0.3) is 0 Å². The summed E-state index contributed by atoms with van der Waals surface area (Å²) in [7, 11) is 3.26. The largest absolute Gasteiger partial charge is 0.493 e. The Labute approximate surface area is 89.9 Å². The molecule has 84 valence electrons. The Morgan fingerprint density at radius 1 is 1.13 bits per heavy atom. The Morgan fingerprint density at radius 3 is 2.60 bits per heavy atom. The molecular formula is C11H17NO3. The van der Waals surface area contributed by atoms with Crippen LogP contribution in [0.15, 0.2) is 18.2 Å². The molecule has 4 nitrogen and oxygen atoms in total. The van der Waals surface area contributed by atoms with Crippen LogP contribution in [0.2, 0.25) is 0 Å². The van der Waals surface area contributed by atoms with Gasteiger partial charge in [0, 0.05) is 31.9 Å². The zero-order valence-electron chi connectivity index (χ0n) is 9.16. The summed E-state index contributed by atoms with van der Waals surface area (Å²) in [6.45, 7) is 1.30. The van der Waals surface area contributed by atoms with Crippen LogP contribution in [0.1, 0.15) is 6.42 Å². The quantitative estimate of drug-likeness (QED) is 0.574.